The molecule has 6 N–H and O–H groups in total. The molecule has 8 heterocycles. The van der Waals surface area contributed by atoms with E-state index in [9.17, 15) is 24.3 Å². The zero-order chi connectivity index (χ0) is 80.7. The normalized spacial score (nSPS) is 19.8. The van der Waals surface area contributed by atoms with Gasteiger partial charge in [0.1, 0.15) is 67.9 Å². The number of aromatic nitrogens is 8. The van der Waals surface area contributed by atoms with Gasteiger partial charge in [0, 0.05) is 133 Å². The Bertz CT molecular complexity index is 4930. The number of ketones is 1. The first-order valence-electron chi connectivity index (χ1n) is 37.8. The summed E-state index contributed by atoms with van der Waals surface area (Å²) in [6.45, 7) is 4.15. The number of carbonyl (C=O) groups is 4. The van der Waals surface area contributed by atoms with Crippen LogP contribution in [0.4, 0.5) is 23.3 Å². The smallest absolute Gasteiger partial charge is 0.335 e. The number of fused-ring (bicyclic) bond motifs is 12. The summed E-state index contributed by atoms with van der Waals surface area (Å²) in [5.74, 6) is 2.58. The Balaban J connectivity index is 0.000000145. The number of hydrogen-bond donors (Lipinski definition) is 6. The summed E-state index contributed by atoms with van der Waals surface area (Å²) in [6, 6.07) is 26.9. The molecule has 0 saturated heterocycles. The predicted octanol–water partition coefficient (Wildman–Crippen LogP) is 19.0. The summed E-state index contributed by atoms with van der Waals surface area (Å²) in [5, 5.41) is 34.5. The maximum absolute atomic E-state index is 12.3. The summed E-state index contributed by atoms with van der Waals surface area (Å²) >= 11 is 21.7. The van der Waals surface area contributed by atoms with Crippen molar-refractivity contribution in [1.82, 2.24) is 64.8 Å². The van der Waals surface area contributed by atoms with Gasteiger partial charge in [0.05, 0.1) is 32.4 Å². The van der Waals surface area contributed by atoms with Crippen LogP contribution in [0.5, 0.6) is 0 Å². The molecule has 8 aromatic heterocycles. The highest BCUT2D eigenvalue weighted by atomic mass is 36.0. The van der Waals surface area contributed by atoms with Crippen molar-refractivity contribution in [2.45, 2.75) is 165 Å². The van der Waals surface area contributed by atoms with Crippen molar-refractivity contribution in [3.05, 3.63) is 120 Å². The van der Waals surface area contributed by atoms with Gasteiger partial charge in [-0.05, 0) is 257 Å². The second-order valence-electron chi connectivity index (χ2n) is 29.6. The van der Waals surface area contributed by atoms with Crippen molar-refractivity contribution in [2.24, 2.45) is 0 Å². The number of anilines is 4. The first kappa shape index (κ1) is 86.8. The van der Waals surface area contributed by atoms with Crippen molar-refractivity contribution in [2.75, 3.05) is 89.5 Å². The number of nitrogens with zero attached hydrogens (tertiary/aromatic N) is 12. The van der Waals surface area contributed by atoms with Crippen molar-refractivity contribution in [3.8, 4) is 0 Å². The number of alkyl halides is 2. The van der Waals surface area contributed by atoms with E-state index in [0.29, 0.717) is 71.6 Å². The van der Waals surface area contributed by atoms with E-state index >= 15 is 0 Å². The number of thiophene rings is 4. The number of halogens is 5. The van der Waals surface area contributed by atoms with E-state index in [1.54, 1.807) is 95.8 Å². The minimum atomic E-state index is -1.67. The Kier molecular flexibility index (Phi) is 31.3. The van der Waals surface area contributed by atoms with E-state index in [0.717, 1.165) is 161 Å². The molecule has 12 aromatic rings. The average Bonchev–Trinajstić information content (AvgIpc) is 1.65. The number of Topliss-reactive ketones (excluding diaryl/α,β-unsaturated/α-hetero) is 1. The Labute approximate surface area is 700 Å². The third kappa shape index (κ3) is 22.2. The third-order valence-corrected chi connectivity index (χ3v) is 26.2. The summed E-state index contributed by atoms with van der Waals surface area (Å²) in [4.78, 5) is 95.8. The van der Waals surface area contributed by atoms with Crippen LogP contribution in [0.1, 0.15) is 158 Å². The minimum absolute atomic E-state index is 0.0443. The van der Waals surface area contributed by atoms with Crippen LogP contribution in [0.3, 0.4) is 0 Å². The van der Waals surface area contributed by atoms with Crippen molar-refractivity contribution < 1.29 is 28.5 Å². The van der Waals surface area contributed by atoms with E-state index in [1.165, 1.54) is 51.4 Å². The van der Waals surface area contributed by atoms with Gasteiger partial charge in [-0.25, -0.2) is 48.9 Å². The first-order chi connectivity index (χ1) is 54.3. The molecule has 4 aliphatic rings. The van der Waals surface area contributed by atoms with Gasteiger partial charge in [0.25, 0.3) is 11.1 Å². The lowest BCUT2D eigenvalue weighted by atomic mass is 9.90. The van der Waals surface area contributed by atoms with Crippen LogP contribution in [0, 0.1) is 0 Å². The van der Waals surface area contributed by atoms with Gasteiger partial charge in [-0.1, -0.05) is 0 Å². The predicted molar refractivity (Wildman–Crippen MR) is 475 cm³/mol. The molecule has 4 fully saturated rings. The third-order valence-electron chi connectivity index (χ3n) is 21.6. The van der Waals surface area contributed by atoms with Crippen molar-refractivity contribution in [1.29, 1.82) is 0 Å². The lowest BCUT2D eigenvalue weighted by molar-refractivity contribution is 0.0696. The molecule has 1 amide bonds. The van der Waals surface area contributed by atoms with Crippen LogP contribution >= 0.6 is 102 Å². The Morgan fingerprint density at radius 3 is 0.929 bits per heavy atom. The van der Waals surface area contributed by atoms with Crippen LogP contribution in [0.2, 0.25) is 0 Å². The zero-order valence-corrected chi connectivity index (χ0v) is 72.7. The number of aromatic carboxylic acids is 1. The molecular formula is C80H96Cl5N17O6S5. The Morgan fingerprint density at radius 2 is 0.673 bits per heavy atom. The summed E-state index contributed by atoms with van der Waals surface area (Å²) < 4.78 is 13.5. The molecule has 23 nitrogen and oxygen atoms in total. The van der Waals surface area contributed by atoms with Crippen LogP contribution in [-0.4, -0.2) is 208 Å². The molecule has 0 aliphatic heterocycles. The molecule has 0 bridgehead atoms. The van der Waals surface area contributed by atoms with E-state index in [2.05, 4.69) is 164 Å². The van der Waals surface area contributed by atoms with Crippen LogP contribution in [0.15, 0.2) is 98.1 Å². The molecule has 602 valence electrons. The fourth-order valence-electron chi connectivity index (χ4n) is 15.5. The summed E-state index contributed by atoms with van der Waals surface area (Å²) in [7, 11) is 24.6. The van der Waals surface area contributed by atoms with Crippen molar-refractivity contribution >= 4 is 238 Å². The van der Waals surface area contributed by atoms with Crippen LogP contribution < -0.4 is 26.6 Å². The van der Waals surface area contributed by atoms with Crippen molar-refractivity contribution in [3.63, 3.8) is 0 Å². The number of carboxylic acids is 1. The topological polar surface area (TPSA) is 282 Å². The van der Waals surface area contributed by atoms with Gasteiger partial charge in [-0.15, -0.1) is 68.5 Å². The lowest BCUT2D eigenvalue weighted by Gasteiger charge is -2.33. The fourth-order valence-corrected chi connectivity index (χ4v) is 19.7. The Morgan fingerprint density at radius 1 is 0.425 bits per heavy atom. The van der Waals surface area contributed by atoms with Crippen LogP contribution in [0.25, 0.3) is 81.2 Å². The van der Waals surface area contributed by atoms with E-state index in [-0.39, 0.29) is 17.0 Å². The van der Waals surface area contributed by atoms with Gasteiger partial charge in [-0.2, -0.15) is 0 Å². The Hall–Kier alpha value is -7.00. The molecule has 0 spiro atoms. The second kappa shape index (κ2) is 40.7. The molecule has 4 aliphatic carbocycles. The highest BCUT2D eigenvalue weighted by Crippen LogP contribution is 2.43. The van der Waals surface area contributed by atoms with Gasteiger partial charge < -0.3 is 51.3 Å². The van der Waals surface area contributed by atoms with Crippen LogP contribution in [-0.2, 0) is 9.23 Å². The largest absolute Gasteiger partial charge is 0.478 e. The standard InChI is InChI=1S/C21H27N5OS.C20H24N4OS.C19H21ClN4OS.C19H22N4O2S.CH2Cl2.Cl2OS/c1-4-22-20(27)13-5-10-17-16(11-13)18-19(23-12-24-21(18)28-17)25-14-6-8-15(9-7-14)26(2)3;1-12(25)13-4-9-17-16(10-13)18-19(21-11-22-20(18)26-17)23-14-5-7-15(8-6-14)24(2)3;1-24(2)13-6-4-12(5-7-13)23-18-16-14-9-11(17(20)25)3-8-15(14)26-19(16)22-10-21-18;1-23(2)13-6-4-12(5-7-13)22-17-16-14-9-11(19(24)25)3-8-15(14)26-18(16)21-10-20-17;2-1-3;1-4(2)3/h5,10-12,14-15H,4,6-9H2,1-3H3,(H,22,27)(H,23,24,25);4,9-11,14-15H,5-8H2,1-3H3,(H,21,22,23);3,8-10,12-13H,4-7H2,1-2H3,(H,21,22,23);3,8-10,12-13H,4-7H2,1-2H3,(H,24,25)(H,20,21,22);1H2;. The molecule has 113 heavy (non-hydrogen) atoms. The monoisotopic (exact) mass is 1730 g/mol. The van der Waals surface area contributed by atoms with E-state index < -0.39 is 20.4 Å². The molecular weight excluding hydrogens is 1630 g/mol. The fraction of sp³-hybridized carbons (Fsp3) is 0.450. The van der Waals surface area contributed by atoms with E-state index in [4.69, 9.17) is 39.0 Å². The van der Waals surface area contributed by atoms with Gasteiger partial charge in [0.2, 0.25) is 9.23 Å². The highest BCUT2D eigenvalue weighted by molar-refractivity contribution is 8.26. The van der Waals surface area contributed by atoms with Gasteiger partial charge in [0.15, 0.2) is 5.78 Å². The van der Waals surface area contributed by atoms with Gasteiger partial charge in [-0.3, -0.25) is 14.4 Å². The molecule has 0 atom stereocenters. The molecule has 4 saturated carbocycles. The summed E-state index contributed by atoms with van der Waals surface area (Å²) in [6.07, 6.45) is 25.0. The maximum Gasteiger partial charge on any atom is 0.335 e. The quantitative estimate of drug-likeness (QED) is 0.0281. The minimum Gasteiger partial charge on any atom is -0.478 e. The number of amides is 1. The first-order valence-corrected chi connectivity index (χ1v) is 45.3. The SMILES string of the molecule is CC(=O)c1ccc2sc3ncnc(NC4CCC(N(C)C)CC4)c3c2c1.CCNC(=O)c1ccc2sc3ncnc(NC4CCC(N(C)C)CC4)c3c2c1.CN(C)C1CCC(Nc2ncnc3sc4ccc(C(=O)Cl)cc4c23)CC1.CN(C)C1CCC(Nc2ncnc3sc4ccc(C(=O)O)cc4c23)CC1.ClCCl.O=S(Cl)Cl. The number of benzene rings is 4. The molecule has 4 aromatic carbocycles. The van der Waals surface area contributed by atoms with Gasteiger partial charge >= 0.3 is 5.97 Å². The highest BCUT2D eigenvalue weighted by Gasteiger charge is 2.29. The molecule has 33 heteroatoms. The number of carboxylic acid groups (broad SMARTS) is 1. The lowest BCUT2D eigenvalue weighted by Crippen LogP contribution is -2.36. The maximum atomic E-state index is 12.3. The number of hydrogen-bond acceptors (Lipinski definition) is 25. The second-order valence-corrected chi connectivity index (χ2v) is 37.4. The van der Waals surface area contributed by atoms with E-state index in [1.807, 2.05) is 61.5 Å². The molecule has 0 radical (unpaired) electrons. The average molecular weight is 1730 g/mol. The molecule has 16 rings (SSSR count). The molecule has 0 unspecified atom stereocenters. The number of carbonyl (C=O) groups excluding carboxylic acids is 3. The zero-order valence-electron chi connectivity index (χ0n) is 64.9. The summed E-state index contributed by atoms with van der Waals surface area (Å²) in [5.41, 5.74) is 2.20. The number of rotatable bonds is 17. The number of nitrogens with one attached hydrogen (secondary N) is 5.